The molecule has 0 fully saturated rings. The Morgan fingerprint density at radius 1 is 0.328 bits per heavy atom. The van der Waals surface area contributed by atoms with Crippen molar-refractivity contribution < 1.29 is 0 Å². The van der Waals surface area contributed by atoms with E-state index in [1.54, 1.807) is 0 Å². The van der Waals surface area contributed by atoms with Crippen LogP contribution in [0.25, 0.3) is 111 Å². The Morgan fingerprint density at radius 2 is 0.918 bits per heavy atom. The lowest BCUT2D eigenvalue weighted by Gasteiger charge is -2.22. The fourth-order valence-electron chi connectivity index (χ4n) is 9.55. The van der Waals surface area contributed by atoms with Gasteiger partial charge in [-0.1, -0.05) is 163 Å². The van der Waals surface area contributed by atoms with Gasteiger partial charge in [0.15, 0.2) is 11.6 Å². The molecule has 0 radical (unpaired) electrons. The van der Waals surface area contributed by atoms with Crippen LogP contribution in [0.4, 0.5) is 0 Å². The molecule has 13 rings (SSSR count). The average molecular weight is 796 g/mol. The molecule has 0 amide bonds. The number of rotatable bonds is 5. The summed E-state index contributed by atoms with van der Waals surface area (Å²) in [5, 5.41) is 7.50. The normalized spacial score (nSPS) is 12.2. The minimum atomic E-state index is 0.584. The van der Waals surface area contributed by atoms with E-state index in [1.807, 2.05) is 48.2 Å². The maximum absolute atomic E-state index is 5.17. The minimum Gasteiger partial charge on any atom is -0.309 e. The van der Waals surface area contributed by atoms with Crippen LogP contribution in [0.3, 0.4) is 0 Å². The molecule has 1 aliphatic heterocycles. The van der Waals surface area contributed by atoms with Crippen molar-refractivity contribution in [2.45, 2.75) is 9.79 Å². The van der Waals surface area contributed by atoms with Gasteiger partial charge in [-0.25, -0.2) is 4.98 Å². The molecule has 12 aromatic rings. The van der Waals surface area contributed by atoms with Crippen LogP contribution in [0.5, 0.6) is 0 Å². The summed E-state index contributed by atoms with van der Waals surface area (Å²) in [5.74, 6) is 1.85. The van der Waals surface area contributed by atoms with Gasteiger partial charge in [0.2, 0.25) is 5.95 Å². The summed E-state index contributed by atoms with van der Waals surface area (Å²) >= 11 is 1.87. The lowest BCUT2D eigenvalue weighted by Crippen LogP contribution is -2.06. The Bertz CT molecular complexity index is 3660. The van der Waals surface area contributed by atoms with Gasteiger partial charge in [-0.3, -0.25) is 4.57 Å². The number of aromatic nitrogens is 5. The van der Waals surface area contributed by atoms with Crippen molar-refractivity contribution >= 4 is 66.1 Å². The fourth-order valence-corrected chi connectivity index (χ4v) is 10.7. The molecule has 9 aromatic carbocycles. The molecule has 4 heterocycles. The second-order valence-electron chi connectivity index (χ2n) is 15.6. The molecule has 0 atom stereocenters. The van der Waals surface area contributed by atoms with Crippen molar-refractivity contribution in [2.75, 3.05) is 0 Å². The quantitative estimate of drug-likeness (QED) is 0.174. The molecule has 5 nitrogen and oxygen atoms in total. The van der Waals surface area contributed by atoms with Gasteiger partial charge >= 0.3 is 0 Å². The third-order valence-electron chi connectivity index (χ3n) is 12.2. The first-order valence-electron chi connectivity index (χ1n) is 20.5. The zero-order chi connectivity index (χ0) is 40.0. The van der Waals surface area contributed by atoms with Crippen molar-refractivity contribution in [3.8, 4) is 56.7 Å². The molecule has 284 valence electrons. The molecule has 0 bridgehead atoms. The van der Waals surface area contributed by atoms with E-state index in [1.165, 1.54) is 70.0 Å². The fraction of sp³-hybridized carbons (Fsp3) is 0. The highest BCUT2D eigenvalue weighted by Crippen LogP contribution is 2.52. The summed E-state index contributed by atoms with van der Waals surface area (Å²) in [6.45, 7) is 0. The molecule has 0 N–H and O–H groups in total. The highest BCUT2D eigenvalue weighted by atomic mass is 32.2. The van der Waals surface area contributed by atoms with E-state index in [-0.39, 0.29) is 0 Å². The first-order chi connectivity index (χ1) is 30.3. The second kappa shape index (κ2) is 13.4. The van der Waals surface area contributed by atoms with E-state index in [9.17, 15) is 0 Å². The van der Waals surface area contributed by atoms with Crippen molar-refractivity contribution in [2.24, 2.45) is 0 Å². The maximum Gasteiger partial charge on any atom is 0.238 e. The van der Waals surface area contributed by atoms with Gasteiger partial charge in [0, 0.05) is 53.5 Å². The van der Waals surface area contributed by atoms with Gasteiger partial charge < -0.3 is 4.57 Å². The summed E-state index contributed by atoms with van der Waals surface area (Å²) in [5.41, 5.74) is 12.4. The average Bonchev–Trinajstić information content (AvgIpc) is 3.85. The number of fused-ring (bicyclic) bond motifs is 9. The Morgan fingerprint density at radius 3 is 1.64 bits per heavy atom. The molecule has 6 heteroatoms. The second-order valence-corrected chi connectivity index (χ2v) is 16.6. The number of benzene rings is 9. The van der Waals surface area contributed by atoms with E-state index in [0.29, 0.717) is 17.6 Å². The van der Waals surface area contributed by atoms with Gasteiger partial charge in [0.25, 0.3) is 0 Å². The molecular formula is C55H33N5S. The number of para-hydroxylation sites is 3. The SMILES string of the molecule is c1ccc(-c2nc(-c3ccccc3)nc(-n3c4ccccc4c4c(-c5ccc6c(c5)Sc5cccc7c5c-6cc5c7c6ccccc6n5-c5ccccc5)cccc43)n2)cc1. The van der Waals surface area contributed by atoms with Gasteiger partial charge in [0.05, 0.1) is 22.1 Å². The van der Waals surface area contributed by atoms with Crippen LogP contribution in [0, 0.1) is 0 Å². The summed E-state index contributed by atoms with van der Waals surface area (Å²) in [6, 6.07) is 71.4. The summed E-state index contributed by atoms with van der Waals surface area (Å²) in [7, 11) is 0. The molecule has 1 aliphatic rings. The zero-order valence-electron chi connectivity index (χ0n) is 32.7. The summed E-state index contributed by atoms with van der Waals surface area (Å²) in [6.07, 6.45) is 0. The monoisotopic (exact) mass is 795 g/mol. The van der Waals surface area contributed by atoms with Crippen LogP contribution < -0.4 is 0 Å². The smallest absolute Gasteiger partial charge is 0.238 e. The van der Waals surface area contributed by atoms with Crippen LogP contribution in [0.15, 0.2) is 210 Å². The van der Waals surface area contributed by atoms with Gasteiger partial charge in [-0.15, -0.1) is 0 Å². The molecule has 3 aromatic heterocycles. The lowest BCUT2D eigenvalue weighted by atomic mass is 9.92. The van der Waals surface area contributed by atoms with Crippen LogP contribution >= 0.6 is 11.8 Å². The highest BCUT2D eigenvalue weighted by Gasteiger charge is 2.26. The Hall–Kier alpha value is -7.80. The van der Waals surface area contributed by atoms with Crippen molar-refractivity contribution in [1.29, 1.82) is 0 Å². The van der Waals surface area contributed by atoms with Gasteiger partial charge in [-0.2, -0.15) is 9.97 Å². The van der Waals surface area contributed by atoms with Crippen molar-refractivity contribution in [1.82, 2.24) is 24.1 Å². The molecule has 0 spiro atoms. The maximum atomic E-state index is 5.17. The van der Waals surface area contributed by atoms with E-state index >= 15 is 0 Å². The van der Waals surface area contributed by atoms with Gasteiger partial charge in [-0.05, 0) is 76.2 Å². The standard InChI is InChI=1S/C55H33N5S/c1-4-16-34(17-5-1)53-56-54(35-18-6-2-7-19-35)58-55(57-53)60-45-27-13-11-23-41(45)50-38(24-14-28-46(50)60)36-30-31-39-43-33-47-51(42-25-15-29-48(52(42)43)61-49(39)32-36)40-22-10-12-26-44(40)59(47)37-20-8-3-9-21-37/h1-33H. The minimum absolute atomic E-state index is 0.584. The molecule has 0 saturated carbocycles. The number of nitrogens with zero attached hydrogens (tertiary/aromatic N) is 5. The first-order valence-corrected chi connectivity index (χ1v) is 21.3. The van der Waals surface area contributed by atoms with E-state index in [0.717, 1.165) is 33.2 Å². The topological polar surface area (TPSA) is 48.5 Å². The Labute approximate surface area is 355 Å². The highest BCUT2D eigenvalue weighted by molar-refractivity contribution is 7.99. The van der Waals surface area contributed by atoms with Crippen molar-refractivity contribution in [3.05, 3.63) is 200 Å². The predicted molar refractivity (Wildman–Crippen MR) is 252 cm³/mol. The van der Waals surface area contributed by atoms with Crippen LogP contribution in [0.2, 0.25) is 0 Å². The predicted octanol–water partition coefficient (Wildman–Crippen LogP) is 14.4. The van der Waals surface area contributed by atoms with E-state index in [4.69, 9.17) is 15.0 Å². The summed E-state index contributed by atoms with van der Waals surface area (Å²) < 4.78 is 4.63. The molecule has 61 heavy (non-hydrogen) atoms. The molecular weight excluding hydrogens is 763 g/mol. The number of hydrogen-bond acceptors (Lipinski definition) is 4. The molecule has 0 unspecified atom stereocenters. The van der Waals surface area contributed by atoms with Crippen LogP contribution in [-0.2, 0) is 0 Å². The van der Waals surface area contributed by atoms with Crippen LogP contribution in [-0.4, -0.2) is 24.1 Å². The summed E-state index contributed by atoms with van der Waals surface area (Å²) in [4.78, 5) is 17.9. The van der Waals surface area contributed by atoms with Crippen molar-refractivity contribution in [3.63, 3.8) is 0 Å². The van der Waals surface area contributed by atoms with E-state index in [2.05, 4.69) is 173 Å². The lowest BCUT2D eigenvalue weighted by molar-refractivity contribution is 0.953. The zero-order valence-corrected chi connectivity index (χ0v) is 33.5. The third-order valence-corrected chi connectivity index (χ3v) is 13.3. The van der Waals surface area contributed by atoms with Gasteiger partial charge in [0.1, 0.15) is 0 Å². The Balaban J connectivity index is 1.02. The molecule has 0 aliphatic carbocycles. The third kappa shape index (κ3) is 5.19. The Kier molecular flexibility index (Phi) is 7.47. The van der Waals surface area contributed by atoms with Crippen LogP contribution in [0.1, 0.15) is 0 Å². The number of hydrogen-bond donors (Lipinski definition) is 0. The largest absolute Gasteiger partial charge is 0.309 e. The van der Waals surface area contributed by atoms with E-state index < -0.39 is 0 Å². The first kappa shape index (κ1) is 34.1. The molecule has 0 saturated heterocycles.